The van der Waals surface area contributed by atoms with Gasteiger partial charge in [0, 0.05) is 24.8 Å². The van der Waals surface area contributed by atoms with Gasteiger partial charge in [-0.25, -0.2) is 4.79 Å². The highest BCUT2D eigenvalue weighted by atomic mass is 16.5. The van der Waals surface area contributed by atoms with Gasteiger partial charge in [-0.1, -0.05) is 5.16 Å². The van der Waals surface area contributed by atoms with Gasteiger partial charge in [0.05, 0.1) is 28.8 Å². The molecule has 1 fully saturated rings. The molecule has 0 saturated carbocycles. The molecule has 1 saturated heterocycles. The van der Waals surface area contributed by atoms with Crippen LogP contribution in [0.15, 0.2) is 16.9 Å². The molecule has 1 aliphatic rings. The van der Waals surface area contributed by atoms with Crippen molar-refractivity contribution in [3.63, 3.8) is 0 Å². The molecule has 1 atom stereocenters. The Morgan fingerprint density at radius 1 is 1.31 bits per heavy atom. The van der Waals surface area contributed by atoms with E-state index in [1.165, 1.54) is 0 Å². The normalized spacial score (nSPS) is 17.6. The number of nitrogens with one attached hydrogen (secondary N) is 1. The van der Waals surface area contributed by atoms with Gasteiger partial charge in [-0.3, -0.25) is 9.97 Å². The third kappa shape index (κ3) is 4.20. The van der Waals surface area contributed by atoms with Gasteiger partial charge in [0.1, 0.15) is 5.76 Å². The fourth-order valence-corrected chi connectivity index (χ4v) is 3.32. The molecule has 7 nitrogen and oxygen atoms in total. The van der Waals surface area contributed by atoms with Gasteiger partial charge in [-0.2, -0.15) is 0 Å². The van der Waals surface area contributed by atoms with Gasteiger partial charge >= 0.3 is 6.03 Å². The molecule has 1 N–H and O–H groups in total. The van der Waals surface area contributed by atoms with E-state index in [1.54, 1.807) is 6.20 Å². The van der Waals surface area contributed by atoms with Gasteiger partial charge in [0.25, 0.3) is 0 Å². The monoisotopic (exact) mass is 357 g/mol. The minimum absolute atomic E-state index is 0.0137. The quantitative estimate of drug-likeness (QED) is 0.912. The SMILES string of the molecule is Cc1noc(C)c1-c1cnc(CC2CCN(C(=O)NC(C)(C)C)C2)cn1. The predicted molar refractivity (Wildman–Crippen MR) is 98.7 cm³/mol. The van der Waals surface area contributed by atoms with Crippen molar-refractivity contribution >= 4 is 6.03 Å². The number of hydrogen-bond donors (Lipinski definition) is 1. The Kier molecular flexibility index (Phi) is 4.98. The summed E-state index contributed by atoms with van der Waals surface area (Å²) >= 11 is 0. The zero-order chi connectivity index (χ0) is 18.9. The summed E-state index contributed by atoms with van der Waals surface area (Å²) in [7, 11) is 0. The first-order chi connectivity index (χ1) is 12.2. The van der Waals surface area contributed by atoms with Crippen LogP contribution >= 0.6 is 0 Å². The van der Waals surface area contributed by atoms with E-state index in [0.717, 1.165) is 54.3 Å². The van der Waals surface area contributed by atoms with Crippen LogP contribution in [0, 0.1) is 19.8 Å². The fraction of sp³-hybridized carbons (Fsp3) is 0.579. The van der Waals surface area contributed by atoms with E-state index in [-0.39, 0.29) is 11.6 Å². The number of carbonyl (C=O) groups is 1. The third-order valence-corrected chi connectivity index (χ3v) is 4.55. The maximum Gasteiger partial charge on any atom is 0.317 e. The lowest BCUT2D eigenvalue weighted by Crippen LogP contribution is -2.47. The van der Waals surface area contributed by atoms with E-state index in [2.05, 4.69) is 20.4 Å². The molecule has 0 spiro atoms. The lowest BCUT2D eigenvalue weighted by atomic mass is 10.0. The number of aryl methyl sites for hydroxylation is 2. The van der Waals surface area contributed by atoms with Crippen molar-refractivity contribution in [2.24, 2.45) is 5.92 Å². The van der Waals surface area contributed by atoms with Crippen molar-refractivity contribution in [1.82, 2.24) is 25.3 Å². The highest BCUT2D eigenvalue weighted by Gasteiger charge is 2.28. The first kappa shape index (κ1) is 18.4. The van der Waals surface area contributed by atoms with Gasteiger partial charge in [-0.05, 0) is 53.4 Å². The molecule has 2 amide bonds. The van der Waals surface area contributed by atoms with E-state index >= 15 is 0 Å². The van der Waals surface area contributed by atoms with Crippen LogP contribution in [0.3, 0.4) is 0 Å². The second-order valence-electron chi connectivity index (χ2n) is 8.08. The topological polar surface area (TPSA) is 84.2 Å². The Morgan fingerprint density at radius 2 is 2.08 bits per heavy atom. The van der Waals surface area contributed by atoms with Crippen LogP contribution in [-0.4, -0.2) is 44.7 Å². The van der Waals surface area contributed by atoms with Crippen LogP contribution in [0.25, 0.3) is 11.3 Å². The van der Waals surface area contributed by atoms with Crippen molar-refractivity contribution in [2.45, 2.75) is 53.0 Å². The molecule has 26 heavy (non-hydrogen) atoms. The minimum atomic E-state index is -0.214. The summed E-state index contributed by atoms with van der Waals surface area (Å²) in [6, 6.07) is 0.0137. The molecule has 2 aromatic rings. The van der Waals surface area contributed by atoms with Gasteiger partial charge < -0.3 is 14.7 Å². The van der Waals surface area contributed by atoms with Crippen LogP contribution in [0.1, 0.15) is 44.3 Å². The average molecular weight is 357 g/mol. The van der Waals surface area contributed by atoms with Crippen molar-refractivity contribution in [3.05, 3.63) is 29.5 Å². The van der Waals surface area contributed by atoms with Crippen molar-refractivity contribution in [3.8, 4) is 11.3 Å². The molecular formula is C19H27N5O2. The zero-order valence-corrected chi connectivity index (χ0v) is 16.2. The number of aromatic nitrogens is 3. The molecule has 0 aromatic carbocycles. The zero-order valence-electron chi connectivity index (χ0n) is 16.2. The Morgan fingerprint density at radius 3 is 2.65 bits per heavy atom. The van der Waals surface area contributed by atoms with Crippen LogP contribution in [0.2, 0.25) is 0 Å². The summed E-state index contributed by atoms with van der Waals surface area (Å²) in [5, 5.41) is 6.99. The second-order valence-corrected chi connectivity index (χ2v) is 8.08. The predicted octanol–water partition coefficient (Wildman–Crippen LogP) is 3.12. The molecule has 3 heterocycles. The van der Waals surface area contributed by atoms with Crippen LogP contribution in [0.5, 0.6) is 0 Å². The minimum Gasteiger partial charge on any atom is -0.361 e. The maximum atomic E-state index is 12.3. The summed E-state index contributed by atoms with van der Waals surface area (Å²) in [5.41, 5.74) is 3.25. The Labute approximate surface area is 154 Å². The summed E-state index contributed by atoms with van der Waals surface area (Å²) in [4.78, 5) is 23.3. The Balaban J connectivity index is 1.60. The lowest BCUT2D eigenvalue weighted by Gasteiger charge is -2.25. The van der Waals surface area contributed by atoms with Crippen molar-refractivity contribution in [1.29, 1.82) is 0 Å². The van der Waals surface area contributed by atoms with Crippen molar-refractivity contribution < 1.29 is 9.32 Å². The number of likely N-dealkylation sites (tertiary alicyclic amines) is 1. The molecule has 0 aliphatic carbocycles. The second kappa shape index (κ2) is 7.05. The number of urea groups is 1. The third-order valence-electron chi connectivity index (χ3n) is 4.55. The summed E-state index contributed by atoms with van der Waals surface area (Å²) in [6.45, 7) is 11.3. The number of carbonyl (C=O) groups excluding carboxylic acids is 1. The number of nitrogens with zero attached hydrogens (tertiary/aromatic N) is 4. The highest BCUT2D eigenvalue weighted by Crippen LogP contribution is 2.25. The molecule has 7 heteroatoms. The van der Waals surface area contributed by atoms with Crippen LogP contribution < -0.4 is 5.32 Å². The van der Waals surface area contributed by atoms with E-state index in [9.17, 15) is 4.79 Å². The maximum absolute atomic E-state index is 12.3. The molecule has 3 rings (SSSR count). The summed E-state index contributed by atoms with van der Waals surface area (Å²) < 4.78 is 5.20. The van der Waals surface area contributed by atoms with E-state index in [4.69, 9.17) is 4.52 Å². The molecule has 140 valence electrons. The summed E-state index contributed by atoms with van der Waals surface area (Å²) in [6.07, 6.45) is 5.42. The Hall–Kier alpha value is -2.44. The largest absolute Gasteiger partial charge is 0.361 e. The molecule has 1 unspecified atom stereocenters. The fourth-order valence-electron chi connectivity index (χ4n) is 3.32. The molecule has 1 aliphatic heterocycles. The van der Waals surface area contributed by atoms with Crippen LogP contribution in [0.4, 0.5) is 4.79 Å². The van der Waals surface area contributed by atoms with E-state index < -0.39 is 0 Å². The number of rotatable bonds is 3. The molecule has 2 aromatic heterocycles. The standard InChI is InChI=1S/C19H27N5O2/c1-12-17(13(2)26-23-12)16-10-20-15(9-21-16)8-14-6-7-24(11-14)18(25)22-19(3,4)5/h9-10,14H,6-8,11H2,1-5H3,(H,22,25). The highest BCUT2D eigenvalue weighted by molar-refractivity contribution is 5.75. The first-order valence-corrected chi connectivity index (χ1v) is 9.04. The summed E-state index contributed by atoms with van der Waals surface area (Å²) in [5.74, 6) is 1.17. The molecule has 0 radical (unpaired) electrons. The van der Waals surface area contributed by atoms with Gasteiger partial charge in [-0.15, -0.1) is 0 Å². The average Bonchev–Trinajstić information content (AvgIpc) is 3.14. The van der Waals surface area contributed by atoms with E-state index in [0.29, 0.717) is 5.92 Å². The number of amides is 2. The number of hydrogen-bond acceptors (Lipinski definition) is 5. The molecular weight excluding hydrogens is 330 g/mol. The van der Waals surface area contributed by atoms with Gasteiger partial charge in [0.2, 0.25) is 0 Å². The lowest BCUT2D eigenvalue weighted by molar-refractivity contribution is 0.197. The first-order valence-electron chi connectivity index (χ1n) is 9.04. The van der Waals surface area contributed by atoms with Crippen molar-refractivity contribution in [2.75, 3.05) is 13.1 Å². The molecule has 0 bridgehead atoms. The smallest absolute Gasteiger partial charge is 0.317 e. The van der Waals surface area contributed by atoms with Crippen LogP contribution in [-0.2, 0) is 6.42 Å². The van der Waals surface area contributed by atoms with E-state index in [1.807, 2.05) is 45.7 Å². The Bertz CT molecular complexity index is 757. The van der Waals surface area contributed by atoms with Gasteiger partial charge in [0.15, 0.2) is 0 Å².